The summed E-state index contributed by atoms with van der Waals surface area (Å²) in [6.07, 6.45) is 5.59. The number of hydrogen-bond acceptors (Lipinski definition) is 3. The molecule has 0 aromatic carbocycles. The van der Waals surface area contributed by atoms with Crippen molar-refractivity contribution >= 4 is 5.84 Å². The van der Waals surface area contributed by atoms with Crippen LogP contribution in [0.3, 0.4) is 0 Å². The van der Waals surface area contributed by atoms with Crippen LogP contribution in [-0.2, 0) is 4.74 Å². The summed E-state index contributed by atoms with van der Waals surface area (Å²) in [7, 11) is 1.81. The number of nitrogens with one attached hydrogen (secondary N) is 1. The smallest absolute Gasteiger partial charge is 0.0911 e. The summed E-state index contributed by atoms with van der Waals surface area (Å²) >= 11 is 0. The van der Waals surface area contributed by atoms with E-state index in [1.807, 2.05) is 7.11 Å². The van der Waals surface area contributed by atoms with Crippen LogP contribution in [-0.4, -0.2) is 43.1 Å². The van der Waals surface area contributed by atoms with Crippen molar-refractivity contribution in [3.8, 4) is 0 Å². The van der Waals surface area contributed by atoms with Gasteiger partial charge in [-0.2, -0.15) is 0 Å². The fourth-order valence-corrected chi connectivity index (χ4v) is 3.06. The van der Waals surface area contributed by atoms with E-state index in [0.29, 0.717) is 11.3 Å². The Morgan fingerprint density at radius 3 is 2.65 bits per heavy atom. The lowest BCUT2D eigenvalue weighted by molar-refractivity contribution is -0.0544. The highest BCUT2D eigenvalue weighted by Gasteiger charge is 2.45. The van der Waals surface area contributed by atoms with Crippen molar-refractivity contribution in [3.63, 3.8) is 0 Å². The maximum absolute atomic E-state index is 7.46. The van der Waals surface area contributed by atoms with Gasteiger partial charge in [0.15, 0.2) is 0 Å². The minimum atomic E-state index is 0.0184. The number of ether oxygens (including phenoxy) is 1. The molecule has 2 aliphatic rings. The van der Waals surface area contributed by atoms with Gasteiger partial charge in [0.1, 0.15) is 0 Å². The van der Waals surface area contributed by atoms with Crippen molar-refractivity contribution < 1.29 is 4.74 Å². The van der Waals surface area contributed by atoms with E-state index in [2.05, 4.69) is 11.8 Å². The molecule has 0 radical (unpaired) electrons. The molecule has 3 N–H and O–H groups in total. The Morgan fingerprint density at radius 2 is 2.12 bits per heavy atom. The highest BCUT2D eigenvalue weighted by molar-refractivity contribution is 5.78. The second-order valence-corrected chi connectivity index (χ2v) is 6.17. The van der Waals surface area contributed by atoms with Crippen molar-refractivity contribution in [2.45, 2.75) is 44.6 Å². The number of likely N-dealkylation sites (tertiary alicyclic amines) is 1. The van der Waals surface area contributed by atoms with E-state index in [-0.39, 0.29) is 5.60 Å². The predicted octanol–water partition coefficient (Wildman–Crippen LogP) is 1.59. The standard InChI is InChI=1S/C13H25N3O/c1-12(17-2)4-3-7-16(9-12)10-13(5-6-13)8-11(14)15/h3-10H2,1-2H3,(H3,14,15). The number of piperidine rings is 1. The van der Waals surface area contributed by atoms with Gasteiger partial charge in [-0.1, -0.05) is 0 Å². The van der Waals surface area contributed by atoms with Gasteiger partial charge in [0, 0.05) is 26.6 Å². The first-order chi connectivity index (χ1) is 7.97. The monoisotopic (exact) mass is 239 g/mol. The van der Waals surface area contributed by atoms with E-state index >= 15 is 0 Å². The van der Waals surface area contributed by atoms with E-state index in [1.54, 1.807) is 0 Å². The first-order valence-electron chi connectivity index (χ1n) is 6.57. The quantitative estimate of drug-likeness (QED) is 0.566. The van der Waals surface area contributed by atoms with Gasteiger partial charge in [-0.3, -0.25) is 10.3 Å². The molecule has 1 heterocycles. The molecule has 1 aliphatic heterocycles. The van der Waals surface area contributed by atoms with Crippen LogP contribution in [0.15, 0.2) is 0 Å². The molecule has 0 aromatic rings. The fourth-order valence-electron chi connectivity index (χ4n) is 3.06. The lowest BCUT2D eigenvalue weighted by atomic mass is 9.92. The molecule has 0 bridgehead atoms. The van der Waals surface area contributed by atoms with E-state index in [1.165, 1.54) is 25.8 Å². The third-order valence-corrected chi connectivity index (χ3v) is 4.31. The minimum absolute atomic E-state index is 0.0184. The summed E-state index contributed by atoms with van der Waals surface area (Å²) < 4.78 is 5.62. The lowest BCUT2D eigenvalue weighted by Crippen LogP contribution is -2.49. The van der Waals surface area contributed by atoms with Gasteiger partial charge in [-0.15, -0.1) is 0 Å². The molecular weight excluding hydrogens is 214 g/mol. The SMILES string of the molecule is COC1(C)CCCN(CC2(CC(=N)N)CC2)C1. The van der Waals surface area contributed by atoms with Crippen molar-refractivity contribution in [3.05, 3.63) is 0 Å². The van der Waals surface area contributed by atoms with E-state index in [9.17, 15) is 0 Å². The molecule has 1 aliphatic carbocycles. The highest BCUT2D eigenvalue weighted by atomic mass is 16.5. The average Bonchev–Trinajstić information content (AvgIpc) is 2.96. The van der Waals surface area contributed by atoms with Crippen molar-refractivity contribution in [1.29, 1.82) is 5.41 Å². The summed E-state index contributed by atoms with van der Waals surface area (Å²) in [5, 5.41) is 7.46. The van der Waals surface area contributed by atoms with Gasteiger partial charge in [0.05, 0.1) is 11.4 Å². The summed E-state index contributed by atoms with van der Waals surface area (Å²) in [4.78, 5) is 2.50. The molecule has 4 nitrogen and oxygen atoms in total. The lowest BCUT2D eigenvalue weighted by Gasteiger charge is -2.41. The number of hydrogen-bond donors (Lipinski definition) is 2. The average molecular weight is 239 g/mol. The zero-order chi connectivity index (χ0) is 12.5. The number of rotatable bonds is 5. The van der Waals surface area contributed by atoms with Crippen LogP contribution in [0.4, 0.5) is 0 Å². The number of nitrogens with zero attached hydrogens (tertiary/aromatic N) is 1. The summed E-state index contributed by atoms with van der Waals surface area (Å²) in [6, 6.07) is 0. The molecule has 4 heteroatoms. The van der Waals surface area contributed by atoms with Crippen molar-refractivity contribution in [2.24, 2.45) is 11.1 Å². The maximum atomic E-state index is 7.46. The Balaban J connectivity index is 1.89. The third kappa shape index (κ3) is 3.19. The molecule has 0 amide bonds. The molecule has 1 atom stereocenters. The molecule has 0 aromatic heterocycles. The summed E-state index contributed by atoms with van der Waals surface area (Å²) in [5.74, 6) is 0.342. The summed E-state index contributed by atoms with van der Waals surface area (Å²) in [6.45, 7) is 5.47. The first-order valence-corrected chi connectivity index (χ1v) is 6.57. The Bertz CT molecular complexity index is 301. The molecule has 17 heavy (non-hydrogen) atoms. The molecule has 0 spiro atoms. The number of methoxy groups -OCH3 is 1. The van der Waals surface area contributed by atoms with Crippen molar-refractivity contribution in [2.75, 3.05) is 26.7 Å². The molecule has 2 rings (SSSR count). The van der Waals surface area contributed by atoms with E-state index < -0.39 is 0 Å². The Labute approximate surface area is 104 Å². The van der Waals surface area contributed by atoms with Gasteiger partial charge >= 0.3 is 0 Å². The predicted molar refractivity (Wildman–Crippen MR) is 69.3 cm³/mol. The second-order valence-electron chi connectivity index (χ2n) is 6.17. The van der Waals surface area contributed by atoms with Crippen LogP contribution in [0.5, 0.6) is 0 Å². The van der Waals surface area contributed by atoms with Crippen LogP contribution in [0, 0.1) is 10.8 Å². The minimum Gasteiger partial charge on any atom is -0.388 e. The van der Waals surface area contributed by atoms with Crippen LogP contribution in [0.1, 0.15) is 39.0 Å². The molecule has 98 valence electrons. The Kier molecular flexibility index (Phi) is 3.46. The second kappa shape index (κ2) is 4.58. The third-order valence-electron chi connectivity index (χ3n) is 4.31. The van der Waals surface area contributed by atoms with E-state index in [4.69, 9.17) is 15.9 Å². The molecule has 2 fully saturated rings. The van der Waals surface area contributed by atoms with Crippen LogP contribution in [0.2, 0.25) is 0 Å². The Hall–Kier alpha value is -0.610. The highest BCUT2D eigenvalue weighted by Crippen LogP contribution is 2.49. The fraction of sp³-hybridized carbons (Fsp3) is 0.923. The zero-order valence-electron chi connectivity index (χ0n) is 11.1. The van der Waals surface area contributed by atoms with Gasteiger partial charge in [-0.25, -0.2) is 0 Å². The van der Waals surface area contributed by atoms with Crippen LogP contribution < -0.4 is 5.73 Å². The van der Waals surface area contributed by atoms with Crippen molar-refractivity contribution in [1.82, 2.24) is 4.90 Å². The molecular formula is C13H25N3O. The number of nitrogens with two attached hydrogens (primary N) is 1. The molecule has 1 saturated carbocycles. The molecule has 1 saturated heterocycles. The van der Waals surface area contributed by atoms with Gasteiger partial charge < -0.3 is 10.5 Å². The Morgan fingerprint density at radius 1 is 1.41 bits per heavy atom. The van der Waals surface area contributed by atoms with Gasteiger partial charge in [0.2, 0.25) is 0 Å². The number of amidine groups is 1. The topological polar surface area (TPSA) is 62.3 Å². The maximum Gasteiger partial charge on any atom is 0.0911 e. The first kappa shape index (κ1) is 12.8. The zero-order valence-corrected chi connectivity index (χ0v) is 11.1. The largest absolute Gasteiger partial charge is 0.388 e. The van der Waals surface area contributed by atoms with Gasteiger partial charge in [-0.05, 0) is 44.6 Å². The van der Waals surface area contributed by atoms with E-state index in [0.717, 1.165) is 25.9 Å². The van der Waals surface area contributed by atoms with Crippen LogP contribution >= 0.6 is 0 Å². The molecule has 1 unspecified atom stereocenters. The van der Waals surface area contributed by atoms with Crippen LogP contribution in [0.25, 0.3) is 0 Å². The normalized spacial score (nSPS) is 32.4. The van der Waals surface area contributed by atoms with Gasteiger partial charge in [0.25, 0.3) is 0 Å². The summed E-state index contributed by atoms with van der Waals surface area (Å²) in [5.41, 5.74) is 5.88.